The van der Waals surface area contributed by atoms with Crippen LogP contribution in [0.25, 0.3) is 0 Å². The highest BCUT2D eigenvalue weighted by Crippen LogP contribution is 2.39. The number of hydrogen-bond acceptors (Lipinski definition) is 8. The highest BCUT2D eigenvalue weighted by molar-refractivity contribution is 5.87. The summed E-state index contributed by atoms with van der Waals surface area (Å²) in [7, 11) is 2.92. The van der Waals surface area contributed by atoms with Gasteiger partial charge in [-0.1, -0.05) is 24.3 Å². The van der Waals surface area contributed by atoms with E-state index in [0.717, 1.165) is 12.8 Å². The third-order valence-electron chi connectivity index (χ3n) is 5.79. The molecule has 32 heavy (non-hydrogen) atoms. The monoisotopic (exact) mass is 438 g/mol. The molecular weight excluding hydrogens is 412 g/mol. The second kappa shape index (κ2) is 9.37. The molecule has 4 rings (SSSR count). The molecule has 168 valence electrons. The average Bonchev–Trinajstić information content (AvgIpc) is 3.24. The van der Waals surface area contributed by atoms with Gasteiger partial charge in [-0.05, 0) is 36.1 Å². The molecule has 3 N–H and O–H groups in total. The minimum Gasteiger partial charge on any atom is -0.493 e. The predicted molar refractivity (Wildman–Crippen MR) is 118 cm³/mol. The standard InChI is InChI=1S/C23H26N4O5/c1-13(28)32-22-18(30-2)10-14(11-19(22)31-3)12-24-27-23(29)21-17-9-8-15-6-4-5-7-16(15)20(17)25-26-21/h4-7,10-12,17,20-21,25-26H,8-9H2,1-3H3,(H,27,29)/b24-12+. The van der Waals surface area contributed by atoms with Crippen LogP contribution in [0.5, 0.6) is 17.2 Å². The van der Waals surface area contributed by atoms with E-state index in [4.69, 9.17) is 14.2 Å². The zero-order valence-corrected chi connectivity index (χ0v) is 18.2. The summed E-state index contributed by atoms with van der Waals surface area (Å²) in [5, 5.41) is 4.10. The summed E-state index contributed by atoms with van der Waals surface area (Å²) >= 11 is 0. The lowest BCUT2D eigenvalue weighted by molar-refractivity contribution is -0.132. The number of methoxy groups -OCH3 is 2. The Morgan fingerprint density at radius 2 is 1.84 bits per heavy atom. The highest BCUT2D eigenvalue weighted by atomic mass is 16.6. The van der Waals surface area contributed by atoms with Gasteiger partial charge in [-0.2, -0.15) is 5.10 Å². The number of benzene rings is 2. The van der Waals surface area contributed by atoms with E-state index < -0.39 is 5.97 Å². The maximum atomic E-state index is 12.8. The number of hydrogen-bond donors (Lipinski definition) is 3. The van der Waals surface area contributed by atoms with E-state index in [1.54, 1.807) is 12.1 Å². The van der Waals surface area contributed by atoms with Crippen molar-refractivity contribution in [1.82, 2.24) is 16.3 Å². The number of carbonyl (C=O) groups excluding carboxylic acids is 2. The van der Waals surface area contributed by atoms with Crippen LogP contribution in [-0.4, -0.2) is 38.4 Å². The van der Waals surface area contributed by atoms with Crippen LogP contribution in [0.1, 0.15) is 36.1 Å². The lowest BCUT2D eigenvalue weighted by atomic mass is 9.77. The minimum absolute atomic E-state index is 0.0991. The fraction of sp³-hybridized carbons (Fsp3) is 0.348. The van der Waals surface area contributed by atoms with Gasteiger partial charge in [0.15, 0.2) is 11.5 Å². The Morgan fingerprint density at radius 3 is 2.53 bits per heavy atom. The fourth-order valence-corrected chi connectivity index (χ4v) is 4.33. The summed E-state index contributed by atoms with van der Waals surface area (Å²) in [6.07, 6.45) is 3.34. The van der Waals surface area contributed by atoms with Crippen LogP contribution >= 0.6 is 0 Å². The highest BCUT2D eigenvalue weighted by Gasteiger charge is 2.43. The number of nitrogens with zero attached hydrogens (tertiary/aromatic N) is 1. The van der Waals surface area contributed by atoms with E-state index in [0.29, 0.717) is 17.1 Å². The van der Waals surface area contributed by atoms with Gasteiger partial charge in [0.1, 0.15) is 6.04 Å². The van der Waals surface area contributed by atoms with Gasteiger partial charge in [0, 0.05) is 18.4 Å². The average molecular weight is 438 g/mol. The van der Waals surface area contributed by atoms with E-state index in [-0.39, 0.29) is 29.7 Å². The van der Waals surface area contributed by atoms with Crippen molar-refractivity contribution in [2.75, 3.05) is 14.2 Å². The summed E-state index contributed by atoms with van der Waals surface area (Å²) in [5.74, 6) is 0.264. The van der Waals surface area contributed by atoms with Crippen LogP contribution < -0.4 is 30.5 Å². The van der Waals surface area contributed by atoms with E-state index in [2.05, 4.69) is 33.5 Å². The number of amides is 1. The molecule has 1 heterocycles. The van der Waals surface area contributed by atoms with Gasteiger partial charge in [-0.25, -0.2) is 16.3 Å². The first-order valence-corrected chi connectivity index (χ1v) is 10.4. The second-order valence-corrected chi connectivity index (χ2v) is 7.73. The van der Waals surface area contributed by atoms with E-state index in [9.17, 15) is 9.59 Å². The van der Waals surface area contributed by atoms with Gasteiger partial charge in [0.2, 0.25) is 5.75 Å². The maximum absolute atomic E-state index is 12.8. The Kier molecular flexibility index (Phi) is 6.38. The molecule has 9 heteroatoms. The van der Waals surface area contributed by atoms with Crippen molar-refractivity contribution >= 4 is 18.1 Å². The van der Waals surface area contributed by atoms with Crippen molar-refractivity contribution in [1.29, 1.82) is 0 Å². The molecule has 3 unspecified atom stereocenters. The van der Waals surface area contributed by atoms with Crippen LogP contribution in [0.3, 0.4) is 0 Å². The number of esters is 1. The quantitative estimate of drug-likeness (QED) is 0.273. The number of ether oxygens (including phenoxy) is 3. The van der Waals surface area contributed by atoms with Crippen LogP contribution in [0.15, 0.2) is 41.5 Å². The summed E-state index contributed by atoms with van der Waals surface area (Å²) in [4.78, 5) is 24.1. The zero-order chi connectivity index (χ0) is 22.7. The summed E-state index contributed by atoms with van der Waals surface area (Å²) in [5.41, 5.74) is 12.2. The number of hydrazone groups is 1. The molecule has 3 atom stereocenters. The zero-order valence-electron chi connectivity index (χ0n) is 18.2. The van der Waals surface area contributed by atoms with Crippen molar-refractivity contribution in [3.63, 3.8) is 0 Å². The minimum atomic E-state index is -0.489. The third kappa shape index (κ3) is 4.30. The summed E-state index contributed by atoms with van der Waals surface area (Å²) in [6, 6.07) is 11.3. The van der Waals surface area contributed by atoms with Crippen LogP contribution in [0.2, 0.25) is 0 Å². The maximum Gasteiger partial charge on any atom is 0.308 e. The van der Waals surface area contributed by atoms with E-state index >= 15 is 0 Å². The van der Waals surface area contributed by atoms with Crippen LogP contribution in [0, 0.1) is 5.92 Å². The van der Waals surface area contributed by atoms with Crippen LogP contribution in [-0.2, 0) is 16.0 Å². The van der Waals surface area contributed by atoms with Gasteiger partial charge < -0.3 is 14.2 Å². The van der Waals surface area contributed by atoms with Crippen molar-refractivity contribution in [2.45, 2.75) is 31.8 Å². The van der Waals surface area contributed by atoms with Gasteiger partial charge in [0.05, 0.1) is 26.5 Å². The molecule has 0 saturated carbocycles. The Balaban J connectivity index is 1.44. The Hall–Kier alpha value is -3.43. The second-order valence-electron chi connectivity index (χ2n) is 7.73. The first-order chi connectivity index (χ1) is 15.5. The van der Waals surface area contributed by atoms with Gasteiger partial charge in [0.25, 0.3) is 5.91 Å². The molecule has 0 bridgehead atoms. The number of aryl methyl sites for hydroxylation is 1. The molecule has 0 spiro atoms. The molecule has 9 nitrogen and oxygen atoms in total. The Morgan fingerprint density at radius 1 is 1.12 bits per heavy atom. The SMILES string of the molecule is COc1cc(/C=N/NC(=O)C2NNC3c4ccccc4CCC23)cc(OC)c1OC(C)=O. The van der Waals surface area contributed by atoms with Crippen LogP contribution in [0.4, 0.5) is 0 Å². The van der Waals surface area contributed by atoms with Crippen molar-refractivity contribution in [3.8, 4) is 17.2 Å². The predicted octanol–water partition coefficient (Wildman–Crippen LogP) is 1.86. The van der Waals surface area contributed by atoms with Gasteiger partial charge in [-0.15, -0.1) is 0 Å². The van der Waals surface area contributed by atoms with Gasteiger partial charge in [-0.3, -0.25) is 9.59 Å². The molecule has 0 radical (unpaired) electrons. The first kappa shape index (κ1) is 21.8. The van der Waals surface area contributed by atoms with Crippen molar-refractivity contribution in [2.24, 2.45) is 11.0 Å². The Labute approximate surface area is 186 Å². The molecule has 2 aliphatic rings. The summed E-state index contributed by atoms with van der Waals surface area (Å²) < 4.78 is 15.8. The smallest absolute Gasteiger partial charge is 0.308 e. The van der Waals surface area contributed by atoms with Crippen molar-refractivity contribution < 1.29 is 23.8 Å². The number of carbonyl (C=O) groups is 2. The number of rotatable bonds is 6. The molecule has 1 saturated heterocycles. The molecular formula is C23H26N4O5. The topological polar surface area (TPSA) is 110 Å². The largest absolute Gasteiger partial charge is 0.493 e. The van der Waals surface area contributed by atoms with Gasteiger partial charge >= 0.3 is 5.97 Å². The molecule has 1 aliphatic carbocycles. The molecule has 0 aromatic heterocycles. The lowest BCUT2D eigenvalue weighted by Crippen LogP contribution is -2.44. The number of nitrogens with one attached hydrogen (secondary N) is 3. The lowest BCUT2D eigenvalue weighted by Gasteiger charge is -2.29. The van der Waals surface area contributed by atoms with E-state index in [1.165, 1.54) is 38.5 Å². The summed E-state index contributed by atoms with van der Waals surface area (Å²) in [6.45, 7) is 1.30. The fourth-order valence-electron chi connectivity index (χ4n) is 4.33. The molecule has 2 aromatic rings. The molecule has 2 aromatic carbocycles. The normalized spacial score (nSPS) is 21.5. The number of hydrazine groups is 1. The van der Waals surface area contributed by atoms with Crippen molar-refractivity contribution in [3.05, 3.63) is 53.1 Å². The Bertz CT molecular complexity index is 1030. The molecule has 1 amide bonds. The number of fused-ring (bicyclic) bond motifs is 3. The third-order valence-corrected chi connectivity index (χ3v) is 5.79. The first-order valence-electron chi connectivity index (χ1n) is 10.4. The molecule has 1 aliphatic heterocycles. The van der Waals surface area contributed by atoms with E-state index in [1.807, 2.05) is 12.1 Å². The molecule has 1 fully saturated rings.